The van der Waals surface area contributed by atoms with Crippen LogP contribution in [0, 0.1) is 19.7 Å². The van der Waals surface area contributed by atoms with E-state index in [0.717, 1.165) is 30.8 Å². The highest BCUT2D eigenvalue weighted by atomic mass is 19.1. The van der Waals surface area contributed by atoms with E-state index in [0.29, 0.717) is 12.1 Å². The number of nitrogens with one attached hydrogen (secondary N) is 2. The number of rotatable bonds is 3. The topological polar surface area (TPSA) is 65.2 Å². The summed E-state index contributed by atoms with van der Waals surface area (Å²) < 4.78 is 13.4. The van der Waals surface area contributed by atoms with Crippen molar-refractivity contribution in [3.8, 4) is 0 Å². The Labute approximate surface area is 145 Å². The van der Waals surface area contributed by atoms with Crippen molar-refractivity contribution in [3.63, 3.8) is 0 Å². The summed E-state index contributed by atoms with van der Waals surface area (Å²) in [5.74, 6) is -0.629. The minimum absolute atomic E-state index is 0.0791. The fourth-order valence-electron chi connectivity index (χ4n) is 3.40. The van der Waals surface area contributed by atoms with Crippen LogP contribution in [0.25, 0.3) is 0 Å². The number of hydrogen-bond donors (Lipinski definition) is 2. The third-order valence-corrected chi connectivity index (χ3v) is 4.52. The Morgan fingerprint density at radius 1 is 1.32 bits per heavy atom. The van der Waals surface area contributed by atoms with Gasteiger partial charge in [0.25, 0.3) is 11.5 Å². The fraction of sp³-hybridized carbons (Fsp3) is 0.368. The van der Waals surface area contributed by atoms with Crippen molar-refractivity contribution in [3.05, 3.63) is 63.3 Å². The molecule has 2 aromatic rings. The van der Waals surface area contributed by atoms with E-state index in [1.54, 1.807) is 26.0 Å². The van der Waals surface area contributed by atoms with Gasteiger partial charge in [0.1, 0.15) is 11.4 Å². The van der Waals surface area contributed by atoms with Crippen molar-refractivity contribution >= 4 is 11.6 Å². The average molecular weight is 343 g/mol. The maximum atomic E-state index is 13.4. The van der Waals surface area contributed by atoms with Gasteiger partial charge < -0.3 is 15.2 Å². The van der Waals surface area contributed by atoms with Crippen molar-refractivity contribution < 1.29 is 9.18 Å². The molecular formula is C19H22FN3O2. The second-order valence-electron chi connectivity index (χ2n) is 6.58. The number of amides is 1. The molecule has 1 amide bonds. The zero-order valence-corrected chi connectivity index (χ0v) is 14.4. The largest absolute Gasteiger partial charge is 0.369 e. The van der Waals surface area contributed by atoms with Gasteiger partial charge in [0.05, 0.1) is 0 Å². The normalized spacial score (nSPS) is 17.4. The molecule has 25 heavy (non-hydrogen) atoms. The van der Waals surface area contributed by atoms with Gasteiger partial charge in [-0.3, -0.25) is 9.59 Å². The molecule has 132 valence electrons. The van der Waals surface area contributed by atoms with Crippen molar-refractivity contribution in [1.29, 1.82) is 0 Å². The molecule has 0 aliphatic carbocycles. The van der Waals surface area contributed by atoms with E-state index in [2.05, 4.69) is 15.2 Å². The van der Waals surface area contributed by atoms with Gasteiger partial charge in [-0.15, -0.1) is 0 Å². The lowest BCUT2D eigenvalue weighted by Crippen LogP contribution is -2.48. The van der Waals surface area contributed by atoms with Crippen LogP contribution in [0.3, 0.4) is 0 Å². The van der Waals surface area contributed by atoms with E-state index in [-0.39, 0.29) is 28.9 Å². The number of hydrogen-bond acceptors (Lipinski definition) is 3. The number of carbonyl (C=O) groups excluding carboxylic acids is 1. The summed E-state index contributed by atoms with van der Waals surface area (Å²) in [6.07, 6.45) is 1.73. The van der Waals surface area contributed by atoms with Crippen molar-refractivity contribution in [2.24, 2.45) is 0 Å². The molecule has 0 bridgehead atoms. The van der Waals surface area contributed by atoms with Crippen LogP contribution in [0.5, 0.6) is 0 Å². The first-order valence-corrected chi connectivity index (χ1v) is 8.46. The molecule has 1 aliphatic rings. The summed E-state index contributed by atoms with van der Waals surface area (Å²) in [6, 6.07) is 8.17. The molecular weight excluding hydrogens is 321 g/mol. The summed E-state index contributed by atoms with van der Waals surface area (Å²) in [7, 11) is 0. The lowest BCUT2D eigenvalue weighted by atomic mass is 10.0. The van der Waals surface area contributed by atoms with Gasteiger partial charge in [0.2, 0.25) is 0 Å². The Morgan fingerprint density at radius 2 is 2.12 bits per heavy atom. The SMILES string of the molecule is Cc1cc(C)c(C(=O)NC2CCCN(c3cccc(F)c3)C2)c(=O)[nH]1. The molecule has 1 atom stereocenters. The molecule has 1 saturated heterocycles. The van der Waals surface area contributed by atoms with Crippen molar-refractivity contribution in [1.82, 2.24) is 10.3 Å². The number of aromatic nitrogens is 1. The van der Waals surface area contributed by atoms with Gasteiger partial charge in [-0.05, 0) is 56.5 Å². The van der Waals surface area contributed by atoms with Crippen LogP contribution in [0.4, 0.5) is 10.1 Å². The van der Waals surface area contributed by atoms with E-state index in [4.69, 9.17) is 0 Å². The molecule has 0 radical (unpaired) electrons. The van der Waals surface area contributed by atoms with Crippen LogP contribution >= 0.6 is 0 Å². The van der Waals surface area contributed by atoms with Gasteiger partial charge in [-0.25, -0.2) is 4.39 Å². The fourth-order valence-corrected chi connectivity index (χ4v) is 3.40. The number of halogens is 1. The number of benzene rings is 1. The van der Waals surface area contributed by atoms with Crippen LogP contribution in [-0.4, -0.2) is 30.0 Å². The Hall–Kier alpha value is -2.63. The van der Waals surface area contributed by atoms with Crippen LogP contribution in [0.2, 0.25) is 0 Å². The first-order valence-electron chi connectivity index (χ1n) is 8.46. The van der Waals surface area contributed by atoms with Gasteiger partial charge in [0, 0.05) is 30.5 Å². The maximum Gasteiger partial charge on any atom is 0.261 e. The number of H-pyrrole nitrogens is 1. The van der Waals surface area contributed by atoms with E-state index in [1.807, 2.05) is 6.07 Å². The number of pyridine rings is 1. The monoisotopic (exact) mass is 343 g/mol. The molecule has 1 unspecified atom stereocenters. The Kier molecular flexibility index (Phi) is 4.88. The van der Waals surface area contributed by atoms with Crippen LogP contribution in [0.15, 0.2) is 35.1 Å². The molecule has 3 rings (SSSR count). The average Bonchev–Trinajstić information content (AvgIpc) is 2.54. The molecule has 5 nitrogen and oxygen atoms in total. The number of nitrogens with zero attached hydrogens (tertiary/aromatic N) is 1. The van der Waals surface area contributed by atoms with Crippen molar-refractivity contribution in [2.75, 3.05) is 18.0 Å². The van der Waals surface area contributed by atoms with Gasteiger partial charge in [-0.2, -0.15) is 0 Å². The third-order valence-electron chi connectivity index (χ3n) is 4.52. The first-order chi connectivity index (χ1) is 11.9. The van der Waals surface area contributed by atoms with E-state index in [9.17, 15) is 14.0 Å². The van der Waals surface area contributed by atoms with Gasteiger partial charge >= 0.3 is 0 Å². The molecule has 1 aliphatic heterocycles. The molecule has 2 heterocycles. The molecule has 1 aromatic heterocycles. The summed E-state index contributed by atoms with van der Waals surface area (Å²) in [5.41, 5.74) is 2.00. The highest BCUT2D eigenvalue weighted by Crippen LogP contribution is 2.21. The predicted octanol–water partition coefficient (Wildman–Crippen LogP) is 2.53. The molecule has 0 spiro atoms. The molecule has 1 fully saturated rings. The zero-order valence-electron chi connectivity index (χ0n) is 14.4. The lowest BCUT2D eigenvalue weighted by molar-refractivity contribution is 0.0931. The lowest BCUT2D eigenvalue weighted by Gasteiger charge is -2.34. The van der Waals surface area contributed by atoms with Crippen LogP contribution in [0.1, 0.15) is 34.5 Å². The molecule has 1 aromatic carbocycles. The van der Waals surface area contributed by atoms with E-state index in [1.165, 1.54) is 12.1 Å². The summed E-state index contributed by atoms with van der Waals surface area (Å²) in [6.45, 7) is 4.96. The summed E-state index contributed by atoms with van der Waals surface area (Å²) >= 11 is 0. The third kappa shape index (κ3) is 3.90. The van der Waals surface area contributed by atoms with Gasteiger partial charge in [0.15, 0.2) is 0 Å². The Morgan fingerprint density at radius 3 is 2.84 bits per heavy atom. The smallest absolute Gasteiger partial charge is 0.261 e. The second kappa shape index (κ2) is 7.09. The van der Waals surface area contributed by atoms with Gasteiger partial charge in [-0.1, -0.05) is 6.07 Å². The second-order valence-corrected chi connectivity index (χ2v) is 6.58. The maximum absolute atomic E-state index is 13.4. The number of carbonyl (C=O) groups is 1. The number of aromatic amines is 1. The van der Waals surface area contributed by atoms with Crippen LogP contribution in [-0.2, 0) is 0 Å². The zero-order chi connectivity index (χ0) is 18.0. The highest BCUT2D eigenvalue weighted by molar-refractivity contribution is 5.95. The number of anilines is 1. The summed E-state index contributed by atoms with van der Waals surface area (Å²) in [4.78, 5) is 29.4. The van der Waals surface area contributed by atoms with Crippen molar-refractivity contribution in [2.45, 2.75) is 32.7 Å². The predicted molar refractivity (Wildman–Crippen MR) is 95.6 cm³/mol. The quantitative estimate of drug-likeness (QED) is 0.900. The van der Waals surface area contributed by atoms with E-state index < -0.39 is 0 Å². The standard InChI is InChI=1S/C19H22FN3O2/c1-12-9-13(2)21-18(24)17(12)19(25)22-15-6-4-8-23(11-15)16-7-3-5-14(20)10-16/h3,5,7,9-10,15H,4,6,8,11H2,1-2H3,(H,21,24)(H,22,25). The van der Waals surface area contributed by atoms with E-state index >= 15 is 0 Å². The number of aryl methyl sites for hydroxylation is 2. The first kappa shape index (κ1) is 17.2. The minimum Gasteiger partial charge on any atom is -0.369 e. The minimum atomic E-state index is -0.368. The van der Waals surface area contributed by atoms with Crippen LogP contribution < -0.4 is 15.8 Å². The summed E-state index contributed by atoms with van der Waals surface area (Å²) in [5, 5.41) is 2.96. The molecule has 6 heteroatoms. The highest BCUT2D eigenvalue weighted by Gasteiger charge is 2.24. The number of piperidine rings is 1. The Bertz CT molecular complexity index is 847. The molecule has 2 N–H and O–H groups in total. The Balaban J connectivity index is 1.73. The molecule has 0 saturated carbocycles.